The van der Waals surface area contributed by atoms with Crippen LogP contribution in [0.5, 0.6) is 23.0 Å². The summed E-state index contributed by atoms with van der Waals surface area (Å²) in [6.07, 6.45) is 3.51. The molecular formula is C33H32Cl2N2O7. The Hall–Kier alpha value is -4.47. The van der Waals surface area contributed by atoms with Crippen molar-refractivity contribution in [2.24, 2.45) is 0 Å². The number of benzene rings is 3. The zero-order valence-corrected chi connectivity index (χ0v) is 26.1. The minimum absolute atomic E-state index is 0.145. The summed E-state index contributed by atoms with van der Waals surface area (Å²) in [5.41, 5.74) is 1.87. The molecule has 1 saturated heterocycles. The van der Waals surface area contributed by atoms with Gasteiger partial charge in [-0.15, -0.1) is 6.58 Å². The minimum atomic E-state index is -0.903. The Morgan fingerprint density at radius 3 is 2.25 bits per heavy atom. The molecule has 1 heterocycles. The average Bonchev–Trinajstić information content (AvgIpc) is 2.98. The van der Waals surface area contributed by atoms with E-state index in [4.69, 9.17) is 42.1 Å². The Morgan fingerprint density at radius 1 is 0.841 bits per heavy atom. The Morgan fingerprint density at radius 2 is 1.57 bits per heavy atom. The molecule has 1 aliphatic rings. The van der Waals surface area contributed by atoms with Crippen molar-refractivity contribution in [3.63, 3.8) is 0 Å². The Balaban J connectivity index is 1.74. The molecule has 0 spiro atoms. The van der Waals surface area contributed by atoms with Crippen molar-refractivity contribution >= 4 is 52.8 Å². The second kappa shape index (κ2) is 14.8. The Bertz CT molecular complexity index is 1620. The maximum atomic E-state index is 13.8. The number of imide groups is 2. The number of carbonyl (C=O) groups is 3. The van der Waals surface area contributed by atoms with Crippen LogP contribution in [0.3, 0.4) is 0 Å². The molecule has 230 valence electrons. The topological polar surface area (TPSA) is 103 Å². The number of rotatable bonds is 13. The number of carbonyl (C=O) groups excluding carboxylic acids is 3. The predicted molar refractivity (Wildman–Crippen MR) is 170 cm³/mol. The fraction of sp³-hybridized carbons (Fsp3) is 0.242. The molecule has 0 saturated carbocycles. The summed E-state index contributed by atoms with van der Waals surface area (Å²) in [5, 5.41) is 3.10. The summed E-state index contributed by atoms with van der Waals surface area (Å²) in [4.78, 5) is 40.6. The fourth-order valence-electron chi connectivity index (χ4n) is 4.53. The van der Waals surface area contributed by atoms with Crippen LogP contribution in [0, 0.1) is 0 Å². The molecule has 44 heavy (non-hydrogen) atoms. The van der Waals surface area contributed by atoms with Crippen LogP contribution in [-0.4, -0.2) is 37.7 Å². The molecule has 0 unspecified atom stereocenters. The lowest BCUT2D eigenvalue weighted by Crippen LogP contribution is -2.54. The molecule has 1 N–H and O–H groups in total. The highest BCUT2D eigenvalue weighted by Gasteiger charge is 2.38. The smallest absolute Gasteiger partial charge is 0.336 e. The third-order valence-electron chi connectivity index (χ3n) is 6.38. The van der Waals surface area contributed by atoms with Crippen molar-refractivity contribution < 1.29 is 33.3 Å². The molecule has 3 aromatic rings. The van der Waals surface area contributed by atoms with Gasteiger partial charge in [0, 0.05) is 11.6 Å². The number of barbiturate groups is 1. The molecule has 0 bridgehead atoms. The van der Waals surface area contributed by atoms with E-state index in [9.17, 15) is 14.4 Å². The fourth-order valence-corrected chi connectivity index (χ4v) is 4.86. The van der Waals surface area contributed by atoms with E-state index < -0.39 is 17.8 Å². The van der Waals surface area contributed by atoms with Crippen LogP contribution in [0.1, 0.15) is 37.5 Å². The van der Waals surface area contributed by atoms with Crippen molar-refractivity contribution in [3.8, 4) is 23.0 Å². The molecule has 0 atom stereocenters. The molecular weight excluding hydrogens is 607 g/mol. The maximum absolute atomic E-state index is 13.8. The molecule has 9 nitrogen and oxygen atoms in total. The van der Waals surface area contributed by atoms with Gasteiger partial charge in [0.1, 0.15) is 23.7 Å². The lowest BCUT2D eigenvalue weighted by atomic mass is 10.0. The van der Waals surface area contributed by atoms with E-state index in [1.807, 2.05) is 19.9 Å². The van der Waals surface area contributed by atoms with Gasteiger partial charge in [0.2, 0.25) is 0 Å². The first-order valence-corrected chi connectivity index (χ1v) is 14.7. The van der Waals surface area contributed by atoms with Gasteiger partial charge in [-0.2, -0.15) is 0 Å². The molecule has 4 rings (SSSR count). The van der Waals surface area contributed by atoms with Crippen LogP contribution in [0.2, 0.25) is 10.0 Å². The van der Waals surface area contributed by atoms with Crippen molar-refractivity contribution in [1.29, 1.82) is 0 Å². The normalized spacial score (nSPS) is 14.0. The number of ether oxygens (including phenoxy) is 4. The number of urea groups is 1. The maximum Gasteiger partial charge on any atom is 0.336 e. The van der Waals surface area contributed by atoms with Crippen molar-refractivity contribution in [3.05, 3.63) is 93.5 Å². The third-order valence-corrected chi connectivity index (χ3v) is 7.12. The van der Waals surface area contributed by atoms with Gasteiger partial charge >= 0.3 is 6.03 Å². The van der Waals surface area contributed by atoms with Crippen molar-refractivity contribution in [2.75, 3.05) is 24.7 Å². The molecule has 1 aliphatic heterocycles. The van der Waals surface area contributed by atoms with E-state index in [0.29, 0.717) is 58.1 Å². The van der Waals surface area contributed by atoms with E-state index in [0.717, 1.165) is 10.5 Å². The predicted octanol–water partition coefficient (Wildman–Crippen LogP) is 7.16. The third kappa shape index (κ3) is 7.35. The van der Waals surface area contributed by atoms with Crippen LogP contribution in [0.4, 0.5) is 10.5 Å². The molecule has 3 aromatic carbocycles. The number of hydrogen-bond donors (Lipinski definition) is 1. The van der Waals surface area contributed by atoms with Crippen LogP contribution in [0.15, 0.2) is 66.8 Å². The van der Waals surface area contributed by atoms with Gasteiger partial charge < -0.3 is 18.9 Å². The van der Waals surface area contributed by atoms with Crippen LogP contribution < -0.4 is 29.2 Å². The van der Waals surface area contributed by atoms with Crippen LogP contribution in [-0.2, 0) is 22.6 Å². The molecule has 0 aliphatic carbocycles. The first-order valence-electron chi connectivity index (χ1n) is 14.0. The highest BCUT2D eigenvalue weighted by atomic mass is 35.5. The number of nitrogens with zero attached hydrogens (tertiary/aromatic N) is 1. The summed E-state index contributed by atoms with van der Waals surface area (Å²) in [6.45, 7) is 10.4. The van der Waals surface area contributed by atoms with E-state index in [2.05, 4.69) is 11.9 Å². The largest absolute Gasteiger partial charge is 0.494 e. The molecule has 4 amide bonds. The highest BCUT2D eigenvalue weighted by molar-refractivity contribution is 6.42. The summed E-state index contributed by atoms with van der Waals surface area (Å²) >= 11 is 12.2. The second-order valence-corrected chi connectivity index (χ2v) is 10.2. The monoisotopic (exact) mass is 638 g/mol. The van der Waals surface area contributed by atoms with Gasteiger partial charge in [0.25, 0.3) is 11.8 Å². The SMILES string of the molecule is C=CCc1cc(/C=C2\C(=O)NC(=O)N(c3cc(OCC)ccc3OCC)C2=O)cc(OCC)c1OCc1ccc(Cl)c(Cl)c1. The molecule has 11 heteroatoms. The van der Waals surface area contributed by atoms with Gasteiger partial charge in [0.05, 0.1) is 35.6 Å². The summed E-state index contributed by atoms with van der Waals surface area (Å²) in [6, 6.07) is 12.6. The number of nitrogens with one attached hydrogen (secondary N) is 1. The first kappa shape index (κ1) is 32.4. The van der Waals surface area contributed by atoms with Gasteiger partial charge in [-0.05, 0) is 80.8 Å². The van der Waals surface area contributed by atoms with Crippen LogP contribution in [0.25, 0.3) is 6.08 Å². The van der Waals surface area contributed by atoms with Gasteiger partial charge in [-0.1, -0.05) is 35.3 Å². The van der Waals surface area contributed by atoms with Gasteiger partial charge in [0.15, 0.2) is 11.5 Å². The number of allylic oxidation sites excluding steroid dienone is 1. The van der Waals surface area contributed by atoms with E-state index in [1.54, 1.807) is 49.4 Å². The zero-order chi connectivity index (χ0) is 31.8. The number of anilines is 1. The van der Waals surface area contributed by atoms with Gasteiger partial charge in [-0.25, -0.2) is 9.69 Å². The Labute approximate surface area is 265 Å². The average molecular weight is 640 g/mol. The zero-order valence-electron chi connectivity index (χ0n) is 24.6. The highest BCUT2D eigenvalue weighted by Crippen LogP contribution is 2.38. The van der Waals surface area contributed by atoms with Crippen LogP contribution >= 0.6 is 23.2 Å². The molecule has 0 radical (unpaired) electrons. The lowest BCUT2D eigenvalue weighted by molar-refractivity contribution is -0.122. The standard InChI is InChI=1S/C33H32Cl2N2O7/c1-5-9-22-14-21(17-29(43-8-4)30(22)44-19-20-10-12-25(34)26(35)16-20)15-24-31(38)36-33(40)37(32(24)39)27-18-23(41-6-2)11-13-28(27)42-7-3/h5,10-18H,1,6-9,19H2,2-4H3,(H,36,38,40)/b24-15+. The molecule has 1 fully saturated rings. The second-order valence-electron chi connectivity index (χ2n) is 9.42. The first-order chi connectivity index (χ1) is 21.2. The quantitative estimate of drug-likeness (QED) is 0.120. The van der Waals surface area contributed by atoms with E-state index >= 15 is 0 Å². The van der Waals surface area contributed by atoms with E-state index in [1.165, 1.54) is 12.1 Å². The molecule has 0 aromatic heterocycles. The Kier molecular flexibility index (Phi) is 10.9. The van der Waals surface area contributed by atoms with Crippen molar-refractivity contribution in [2.45, 2.75) is 33.8 Å². The number of hydrogen-bond acceptors (Lipinski definition) is 7. The summed E-state index contributed by atoms with van der Waals surface area (Å²) in [5.74, 6) is -0.0667. The lowest BCUT2D eigenvalue weighted by Gasteiger charge is -2.28. The summed E-state index contributed by atoms with van der Waals surface area (Å²) < 4.78 is 23.3. The van der Waals surface area contributed by atoms with Crippen molar-refractivity contribution in [1.82, 2.24) is 5.32 Å². The number of amides is 4. The summed E-state index contributed by atoms with van der Waals surface area (Å²) in [7, 11) is 0. The van der Waals surface area contributed by atoms with Gasteiger partial charge in [-0.3, -0.25) is 14.9 Å². The minimum Gasteiger partial charge on any atom is -0.494 e. The van der Waals surface area contributed by atoms with E-state index in [-0.39, 0.29) is 30.2 Å². The number of halogens is 2.